The first-order chi connectivity index (χ1) is 15.2. The van der Waals surface area contributed by atoms with E-state index in [0.29, 0.717) is 43.2 Å². The number of pyridine rings is 1. The second-order valence-electron chi connectivity index (χ2n) is 7.52. The minimum atomic E-state index is -4.43. The molecule has 1 aliphatic heterocycles. The Morgan fingerprint density at radius 2 is 1.91 bits per heavy atom. The van der Waals surface area contributed by atoms with Gasteiger partial charge in [0.15, 0.2) is 6.61 Å². The van der Waals surface area contributed by atoms with Gasteiger partial charge in [0.25, 0.3) is 5.91 Å². The summed E-state index contributed by atoms with van der Waals surface area (Å²) in [4.78, 5) is 30.2. The molecule has 32 heavy (non-hydrogen) atoms. The number of ether oxygens (including phenoxy) is 2. The number of methoxy groups -OCH3 is 1. The summed E-state index contributed by atoms with van der Waals surface area (Å²) < 4.78 is 48.4. The molecule has 3 rings (SSSR count). The number of aryl methyl sites for hydroxylation is 1. The molecule has 1 amide bonds. The van der Waals surface area contributed by atoms with Crippen molar-refractivity contribution in [1.29, 1.82) is 0 Å². The number of carbonyl (C=O) groups is 2. The fraction of sp³-hybridized carbons (Fsp3) is 0.409. The first kappa shape index (κ1) is 23.4. The largest absolute Gasteiger partial charge is 0.495 e. The Morgan fingerprint density at radius 3 is 2.50 bits per heavy atom. The van der Waals surface area contributed by atoms with Gasteiger partial charge in [-0.3, -0.25) is 9.59 Å². The van der Waals surface area contributed by atoms with Crippen molar-refractivity contribution in [2.24, 2.45) is 5.92 Å². The number of carbonyl (C=O) groups excluding carboxylic acids is 2. The number of rotatable bonds is 6. The molecule has 1 aliphatic rings. The maximum Gasteiger partial charge on any atom is 0.417 e. The SMILES string of the molecule is COc1ccc(C)cc1NC(=O)COC(=O)C1CCN(c2ccc(C(F)(F)F)cn2)CC1. The van der Waals surface area contributed by atoms with Gasteiger partial charge in [0, 0.05) is 19.3 Å². The first-order valence-electron chi connectivity index (χ1n) is 10.1. The molecule has 0 bridgehead atoms. The third kappa shape index (κ3) is 5.89. The number of aromatic nitrogens is 1. The standard InChI is InChI=1S/C22H24F3N3O4/c1-14-3-5-18(31-2)17(11-14)27-20(29)13-32-21(30)15-7-9-28(10-8-15)19-6-4-16(12-26-19)22(23,24)25/h3-6,11-12,15H,7-10,13H2,1-2H3,(H,27,29). The number of nitrogens with zero attached hydrogens (tertiary/aromatic N) is 2. The second-order valence-corrected chi connectivity index (χ2v) is 7.52. The quantitative estimate of drug-likeness (QED) is 0.673. The third-order valence-corrected chi connectivity index (χ3v) is 5.20. The Morgan fingerprint density at radius 1 is 1.19 bits per heavy atom. The molecular formula is C22H24F3N3O4. The highest BCUT2D eigenvalue weighted by molar-refractivity contribution is 5.94. The lowest BCUT2D eigenvalue weighted by Gasteiger charge is -2.31. The molecule has 0 saturated carbocycles. The maximum atomic E-state index is 12.7. The molecule has 0 radical (unpaired) electrons. The van der Waals surface area contributed by atoms with Crippen LogP contribution < -0.4 is 15.0 Å². The zero-order chi connectivity index (χ0) is 23.3. The third-order valence-electron chi connectivity index (χ3n) is 5.20. The maximum absolute atomic E-state index is 12.7. The molecule has 0 unspecified atom stereocenters. The Kier molecular flexibility index (Phi) is 7.22. The van der Waals surface area contributed by atoms with Crippen LogP contribution in [-0.4, -0.2) is 43.7 Å². The predicted octanol–water partition coefficient (Wildman–Crippen LogP) is 3.82. The van der Waals surface area contributed by atoms with Crippen LogP contribution in [-0.2, 0) is 20.5 Å². The number of hydrogen-bond donors (Lipinski definition) is 1. The molecule has 0 aliphatic carbocycles. The Labute approximate surface area is 183 Å². The number of halogens is 3. The summed E-state index contributed by atoms with van der Waals surface area (Å²) in [6, 6.07) is 7.65. The normalized spacial score (nSPS) is 14.7. The number of alkyl halides is 3. The van der Waals surface area contributed by atoms with E-state index in [2.05, 4.69) is 10.3 Å². The van der Waals surface area contributed by atoms with Gasteiger partial charge in [-0.1, -0.05) is 6.07 Å². The molecule has 1 aromatic heterocycles. The number of nitrogens with one attached hydrogen (secondary N) is 1. The summed E-state index contributed by atoms with van der Waals surface area (Å²) in [5.41, 5.74) is 0.625. The van der Waals surface area contributed by atoms with Crippen LogP contribution in [0.4, 0.5) is 24.7 Å². The van der Waals surface area contributed by atoms with Gasteiger partial charge in [0.05, 0.1) is 24.3 Å². The second kappa shape index (κ2) is 9.88. The van der Waals surface area contributed by atoms with Gasteiger partial charge in [-0.15, -0.1) is 0 Å². The minimum absolute atomic E-state index is 0.387. The Hall–Kier alpha value is -3.30. The number of amides is 1. The summed E-state index contributed by atoms with van der Waals surface area (Å²) >= 11 is 0. The van der Waals surface area contributed by atoms with Crippen LogP contribution in [0.3, 0.4) is 0 Å². The van der Waals surface area contributed by atoms with Gasteiger partial charge in [-0.2, -0.15) is 13.2 Å². The molecule has 2 heterocycles. The highest BCUT2D eigenvalue weighted by Gasteiger charge is 2.31. The molecule has 1 saturated heterocycles. The average molecular weight is 451 g/mol. The summed E-state index contributed by atoms with van der Waals surface area (Å²) in [7, 11) is 1.49. The highest BCUT2D eigenvalue weighted by atomic mass is 19.4. The monoisotopic (exact) mass is 451 g/mol. The molecule has 1 N–H and O–H groups in total. The number of esters is 1. The van der Waals surface area contributed by atoms with Gasteiger partial charge < -0.3 is 19.7 Å². The van der Waals surface area contributed by atoms with Crippen molar-refractivity contribution in [2.75, 3.05) is 37.0 Å². The van der Waals surface area contributed by atoms with Crippen LogP contribution in [0.5, 0.6) is 5.75 Å². The van der Waals surface area contributed by atoms with E-state index in [1.807, 2.05) is 17.9 Å². The number of piperidine rings is 1. The van der Waals surface area contributed by atoms with E-state index in [4.69, 9.17) is 9.47 Å². The van der Waals surface area contributed by atoms with Crippen LogP contribution in [0.25, 0.3) is 0 Å². The molecule has 172 valence electrons. The van der Waals surface area contributed by atoms with E-state index < -0.39 is 30.2 Å². The zero-order valence-corrected chi connectivity index (χ0v) is 17.7. The smallest absolute Gasteiger partial charge is 0.417 e. The van der Waals surface area contributed by atoms with Crippen molar-refractivity contribution in [3.05, 3.63) is 47.7 Å². The van der Waals surface area contributed by atoms with Crippen LogP contribution in [0.15, 0.2) is 36.5 Å². The molecule has 0 atom stereocenters. The first-order valence-corrected chi connectivity index (χ1v) is 10.1. The number of hydrogen-bond acceptors (Lipinski definition) is 6. The van der Waals surface area contributed by atoms with Crippen LogP contribution >= 0.6 is 0 Å². The topological polar surface area (TPSA) is 80.8 Å². The molecule has 7 nitrogen and oxygen atoms in total. The van der Waals surface area contributed by atoms with Crippen molar-refractivity contribution in [3.8, 4) is 5.75 Å². The van der Waals surface area contributed by atoms with E-state index in [1.165, 1.54) is 13.2 Å². The van der Waals surface area contributed by atoms with Crippen LogP contribution in [0.2, 0.25) is 0 Å². The summed E-state index contributed by atoms with van der Waals surface area (Å²) in [5.74, 6) is -0.414. The van der Waals surface area contributed by atoms with Gasteiger partial charge in [-0.05, 0) is 49.6 Å². The van der Waals surface area contributed by atoms with E-state index >= 15 is 0 Å². The van der Waals surface area contributed by atoms with Crippen molar-refractivity contribution in [2.45, 2.75) is 25.9 Å². The lowest BCUT2D eigenvalue weighted by atomic mass is 9.97. The van der Waals surface area contributed by atoms with Crippen molar-refractivity contribution >= 4 is 23.4 Å². The van der Waals surface area contributed by atoms with Crippen LogP contribution in [0, 0.1) is 12.8 Å². The molecule has 1 aromatic carbocycles. The van der Waals surface area contributed by atoms with Crippen LogP contribution in [0.1, 0.15) is 24.0 Å². The van der Waals surface area contributed by atoms with E-state index in [-0.39, 0.29) is 5.92 Å². The van der Waals surface area contributed by atoms with E-state index in [1.54, 1.807) is 12.1 Å². The molecule has 2 aromatic rings. The van der Waals surface area contributed by atoms with Gasteiger partial charge in [0.1, 0.15) is 11.6 Å². The molecule has 1 fully saturated rings. The number of benzene rings is 1. The minimum Gasteiger partial charge on any atom is -0.495 e. The Bertz CT molecular complexity index is 956. The fourth-order valence-electron chi connectivity index (χ4n) is 3.45. The molecule has 10 heteroatoms. The fourth-order valence-corrected chi connectivity index (χ4v) is 3.45. The van der Waals surface area contributed by atoms with Crippen molar-refractivity contribution < 1.29 is 32.2 Å². The molecular weight excluding hydrogens is 427 g/mol. The van der Waals surface area contributed by atoms with Gasteiger partial charge >= 0.3 is 12.1 Å². The highest BCUT2D eigenvalue weighted by Crippen LogP contribution is 2.30. The summed E-state index contributed by atoms with van der Waals surface area (Å²) in [5, 5.41) is 2.67. The van der Waals surface area contributed by atoms with E-state index in [9.17, 15) is 22.8 Å². The van der Waals surface area contributed by atoms with Gasteiger partial charge in [-0.25, -0.2) is 4.98 Å². The summed E-state index contributed by atoms with van der Waals surface area (Å²) in [6.07, 6.45) is -2.72. The van der Waals surface area contributed by atoms with Crippen molar-refractivity contribution in [1.82, 2.24) is 4.98 Å². The molecule has 0 spiro atoms. The van der Waals surface area contributed by atoms with Crippen molar-refractivity contribution in [3.63, 3.8) is 0 Å². The lowest BCUT2D eigenvalue weighted by Crippen LogP contribution is -2.38. The predicted molar refractivity (Wildman–Crippen MR) is 111 cm³/mol. The van der Waals surface area contributed by atoms with Gasteiger partial charge in [0.2, 0.25) is 0 Å². The number of anilines is 2. The summed E-state index contributed by atoms with van der Waals surface area (Å²) in [6.45, 7) is 2.36. The lowest BCUT2D eigenvalue weighted by molar-refractivity contribution is -0.152. The zero-order valence-electron chi connectivity index (χ0n) is 17.7. The average Bonchev–Trinajstić information content (AvgIpc) is 2.77. The van der Waals surface area contributed by atoms with E-state index in [0.717, 1.165) is 17.8 Å². The Balaban J connectivity index is 1.46.